The van der Waals surface area contributed by atoms with Gasteiger partial charge in [-0.25, -0.2) is 4.79 Å². The number of hydrogen-bond acceptors (Lipinski definition) is 7. The number of fused-ring (bicyclic) bond motifs is 2. The van der Waals surface area contributed by atoms with Gasteiger partial charge in [-0.1, -0.05) is 40.2 Å². The number of nitrogens with zero attached hydrogens (tertiary/aromatic N) is 3. The fourth-order valence-electron chi connectivity index (χ4n) is 5.43. The second-order valence-electron chi connectivity index (χ2n) is 10.7. The van der Waals surface area contributed by atoms with E-state index in [9.17, 15) is 24.0 Å². The molecule has 1 heterocycles. The number of carbonyl (C=O) groups is 5. The van der Waals surface area contributed by atoms with Crippen molar-refractivity contribution in [3.05, 3.63) is 100 Å². The molecule has 236 valence electrons. The molecule has 4 amide bonds. The Morgan fingerprint density at radius 3 is 2.35 bits per heavy atom. The number of nitrogens with one attached hydrogen (secondary N) is 1. The molecular formula is C34H31BrN4O7. The molecule has 12 heteroatoms. The lowest BCUT2D eigenvalue weighted by atomic mass is 10.0. The predicted molar refractivity (Wildman–Crippen MR) is 176 cm³/mol. The average Bonchev–Trinajstić information content (AvgIpc) is 3.18. The highest BCUT2D eigenvalue weighted by molar-refractivity contribution is 9.10. The number of benzene rings is 4. The van der Waals surface area contributed by atoms with E-state index < -0.39 is 29.7 Å². The van der Waals surface area contributed by atoms with Crippen LogP contribution in [0, 0.1) is 0 Å². The SMILES string of the molecule is COC(=O)c1ccc(C(=O)N2CC(NC(=O)CN(C)C=O)C(=O)N(Cc3c(OC)ccc4cc(Br)ccc34)c3ccccc32)cc1. The second-order valence-corrected chi connectivity index (χ2v) is 11.6. The monoisotopic (exact) mass is 686 g/mol. The van der Waals surface area contributed by atoms with Crippen LogP contribution in [0.3, 0.4) is 0 Å². The molecule has 0 saturated heterocycles. The number of anilines is 2. The van der Waals surface area contributed by atoms with Gasteiger partial charge in [-0.2, -0.15) is 0 Å². The minimum atomic E-state index is -1.17. The molecule has 11 nitrogen and oxygen atoms in total. The molecule has 5 rings (SSSR count). The molecule has 0 radical (unpaired) electrons. The first-order valence-corrected chi connectivity index (χ1v) is 15.0. The highest BCUT2D eigenvalue weighted by atomic mass is 79.9. The molecule has 0 spiro atoms. The number of para-hydroxylation sites is 2. The van der Waals surface area contributed by atoms with E-state index in [0.29, 0.717) is 23.5 Å². The van der Waals surface area contributed by atoms with Gasteiger partial charge in [0.25, 0.3) is 11.8 Å². The van der Waals surface area contributed by atoms with Gasteiger partial charge >= 0.3 is 5.97 Å². The highest BCUT2D eigenvalue weighted by Gasteiger charge is 2.38. The number of carbonyl (C=O) groups excluding carboxylic acids is 5. The quantitative estimate of drug-likeness (QED) is 0.207. The molecule has 1 aliphatic rings. The molecule has 1 aliphatic heterocycles. The van der Waals surface area contributed by atoms with Crippen molar-refractivity contribution in [2.24, 2.45) is 0 Å². The van der Waals surface area contributed by atoms with E-state index in [0.717, 1.165) is 25.7 Å². The molecule has 4 aromatic carbocycles. The van der Waals surface area contributed by atoms with Crippen LogP contribution >= 0.6 is 15.9 Å². The van der Waals surface area contributed by atoms with E-state index >= 15 is 0 Å². The van der Waals surface area contributed by atoms with Gasteiger partial charge in [-0.15, -0.1) is 0 Å². The molecule has 46 heavy (non-hydrogen) atoms. The maximum Gasteiger partial charge on any atom is 0.337 e. The summed E-state index contributed by atoms with van der Waals surface area (Å²) in [7, 11) is 4.27. The summed E-state index contributed by atoms with van der Waals surface area (Å²) in [4.78, 5) is 68.8. The zero-order valence-corrected chi connectivity index (χ0v) is 26.9. The minimum Gasteiger partial charge on any atom is -0.496 e. The summed E-state index contributed by atoms with van der Waals surface area (Å²) in [6, 6.07) is 21.4. The Balaban J connectivity index is 1.62. The number of methoxy groups -OCH3 is 2. The predicted octanol–water partition coefficient (Wildman–Crippen LogP) is 4.16. The van der Waals surface area contributed by atoms with Crippen LogP contribution in [-0.2, 0) is 25.7 Å². The fraction of sp³-hybridized carbons (Fsp3) is 0.206. The first kappa shape index (κ1) is 32.2. The minimum absolute atomic E-state index is 0.0639. The van der Waals surface area contributed by atoms with E-state index in [1.54, 1.807) is 31.4 Å². The second kappa shape index (κ2) is 13.8. The normalized spacial score (nSPS) is 14.3. The van der Waals surface area contributed by atoms with E-state index in [1.807, 2.05) is 30.3 Å². The van der Waals surface area contributed by atoms with Crippen molar-refractivity contribution in [2.45, 2.75) is 12.6 Å². The summed E-state index contributed by atoms with van der Waals surface area (Å²) >= 11 is 3.52. The molecule has 1 atom stereocenters. The van der Waals surface area contributed by atoms with Gasteiger partial charge in [0.1, 0.15) is 11.8 Å². The van der Waals surface area contributed by atoms with Gasteiger partial charge < -0.3 is 29.5 Å². The lowest BCUT2D eigenvalue weighted by Gasteiger charge is -2.27. The first-order chi connectivity index (χ1) is 22.1. The number of halogens is 1. The summed E-state index contributed by atoms with van der Waals surface area (Å²) in [5, 5.41) is 4.53. The third kappa shape index (κ3) is 6.57. The molecule has 0 bridgehead atoms. The zero-order valence-electron chi connectivity index (χ0n) is 25.4. The Morgan fingerprint density at radius 2 is 1.67 bits per heavy atom. The maximum absolute atomic E-state index is 14.4. The van der Waals surface area contributed by atoms with Crippen molar-refractivity contribution in [2.75, 3.05) is 44.2 Å². The Bertz CT molecular complexity index is 1830. The van der Waals surface area contributed by atoms with Crippen molar-refractivity contribution in [1.29, 1.82) is 0 Å². The molecule has 1 N–H and O–H groups in total. The van der Waals surface area contributed by atoms with E-state index in [2.05, 4.69) is 21.2 Å². The summed E-state index contributed by atoms with van der Waals surface area (Å²) in [5.41, 5.74) is 2.17. The summed E-state index contributed by atoms with van der Waals surface area (Å²) in [6.07, 6.45) is 0.510. The largest absolute Gasteiger partial charge is 0.496 e. The molecule has 0 aromatic heterocycles. The first-order valence-electron chi connectivity index (χ1n) is 14.3. The van der Waals surface area contributed by atoms with Crippen LogP contribution in [0.15, 0.2) is 83.3 Å². The van der Waals surface area contributed by atoms with Crippen LogP contribution < -0.4 is 19.9 Å². The Morgan fingerprint density at radius 1 is 0.978 bits per heavy atom. The standard InChI is InChI=1S/C34H31BrN4O7/c1-37(20-40)19-31(41)36-27-18-39(32(42)21-8-10-22(11-9-21)34(44)46-3)29-7-5-4-6-28(29)38(33(27)43)17-26-25-14-13-24(35)16-23(25)12-15-30(26)45-2/h4-16,20,27H,17-19H2,1-3H3,(H,36,41). The number of ether oxygens (including phenoxy) is 2. The van der Waals surface area contributed by atoms with Gasteiger partial charge in [0.2, 0.25) is 12.3 Å². The summed E-state index contributed by atoms with van der Waals surface area (Å²) in [5.74, 6) is -1.45. The molecule has 0 saturated carbocycles. The van der Waals surface area contributed by atoms with E-state index in [4.69, 9.17) is 9.47 Å². The highest BCUT2D eigenvalue weighted by Crippen LogP contribution is 2.38. The van der Waals surface area contributed by atoms with Gasteiger partial charge in [0, 0.05) is 22.6 Å². The van der Waals surface area contributed by atoms with Crippen LogP contribution in [0.4, 0.5) is 11.4 Å². The van der Waals surface area contributed by atoms with Gasteiger partial charge in [0.15, 0.2) is 0 Å². The summed E-state index contributed by atoms with van der Waals surface area (Å²) in [6.45, 7) is -0.413. The fourth-order valence-corrected chi connectivity index (χ4v) is 5.81. The van der Waals surface area contributed by atoms with Crippen LogP contribution in [0.1, 0.15) is 26.3 Å². The molecular weight excluding hydrogens is 656 g/mol. The molecule has 0 fully saturated rings. The topological polar surface area (TPSA) is 126 Å². The maximum atomic E-state index is 14.4. The van der Waals surface area contributed by atoms with E-state index in [-0.39, 0.29) is 30.8 Å². The zero-order chi connectivity index (χ0) is 33.0. The third-order valence-electron chi connectivity index (χ3n) is 7.69. The van der Waals surface area contributed by atoms with Crippen LogP contribution in [0.25, 0.3) is 10.8 Å². The summed E-state index contributed by atoms with van der Waals surface area (Å²) < 4.78 is 11.4. The Labute approximate surface area is 273 Å². The number of rotatable bonds is 9. The lowest BCUT2D eigenvalue weighted by molar-refractivity contribution is -0.130. The van der Waals surface area contributed by atoms with Crippen molar-refractivity contribution < 1.29 is 33.4 Å². The van der Waals surface area contributed by atoms with Crippen molar-refractivity contribution in [3.63, 3.8) is 0 Å². The van der Waals surface area contributed by atoms with Crippen LogP contribution in [-0.4, -0.2) is 75.4 Å². The number of likely N-dealkylation sites (N-methyl/N-ethyl adjacent to an activating group) is 1. The van der Waals surface area contributed by atoms with Crippen molar-refractivity contribution in [3.8, 4) is 5.75 Å². The van der Waals surface area contributed by atoms with Gasteiger partial charge in [-0.05, 0) is 65.4 Å². The molecule has 1 unspecified atom stereocenters. The number of esters is 1. The lowest BCUT2D eigenvalue weighted by Crippen LogP contribution is -2.54. The van der Waals surface area contributed by atoms with Gasteiger partial charge in [-0.3, -0.25) is 19.2 Å². The smallest absolute Gasteiger partial charge is 0.337 e. The Kier molecular flexibility index (Phi) is 9.67. The van der Waals surface area contributed by atoms with Crippen LogP contribution in [0.5, 0.6) is 5.75 Å². The number of amides is 4. The third-order valence-corrected chi connectivity index (χ3v) is 8.18. The van der Waals surface area contributed by atoms with Crippen molar-refractivity contribution in [1.82, 2.24) is 10.2 Å². The van der Waals surface area contributed by atoms with Crippen LogP contribution in [0.2, 0.25) is 0 Å². The molecule has 4 aromatic rings. The average molecular weight is 688 g/mol. The number of hydrogen-bond donors (Lipinski definition) is 1. The van der Waals surface area contributed by atoms with E-state index in [1.165, 1.54) is 48.2 Å². The van der Waals surface area contributed by atoms with Crippen molar-refractivity contribution >= 4 is 68.2 Å². The Hall–Kier alpha value is -5.23. The van der Waals surface area contributed by atoms with Gasteiger partial charge in [0.05, 0.1) is 50.8 Å². The molecule has 0 aliphatic carbocycles.